The van der Waals surface area contributed by atoms with Crippen LogP contribution in [0.2, 0.25) is 0 Å². The molecule has 0 unspecified atom stereocenters. The van der Waals surface area contributed by atoms with Crippen LogP contribution in [0.15, 0.2) is 60.7 Å². The van der Waals surface area contributed by atoms with E-state index in [1.165, 1.54) is 0 Å². The summed E-state index contributed by atoms with van der Waals surface area (Å²) in [5.41, 5.74) is 0. The van der Waals surface area contributed by atoms with E-state index in [0.717, 1.165) is 8.70 Å². The topological polar surface area (TPSA) is 26.3 Å². The summed E-state index contributed by atoms with van der Waals surface area (Å²) in [6.07, 6.45) is 0. The van der Waals surface area contributed by atoms with Crippen LogP contribution in [0.3, 0.4) is 0 Å². The van der Waals surface area contributed by atoms with Crippen molar-refractivity contribution in [3.8, 4) is 0 Å². The first-order chi connectivity index (χ1) is 8.27. The molecule has 2 nitrogen and oxygen atoms in total. The van der Waals surface area contributed by atoms with Gasteiger partial charge in [-0.3, -0.25) is 0 Å². The van der Waals surface area contributed by atoms with Crippen LogP contribution in [0.25, 0.3) is 0 Å². The zero-order valence-electron chi connectivity index (χ0n) is 9.74. The zero-order valence-corrected chi connectivity index (χ0v) is 11.6. The minimum absolute atomic E-state index is 0.459. The summed E-state index contributed by atoms with van der Waals surface area (Å²) >= 11 is -3.64. The molecule has 0 spiro atoms. The number of hydrogen-bond donors (Lipinski definition) is 0. The van der Waals surface area contributed by atoms with Crippen molar-refractivity contribution >= 4 is 22.5 Å². The van der Waals surface area contributed by atoms with Crippen LogP contribution in [0.4, 0.5) is 0 Å². The molecule has 0 saturated heterocycles. The van der Waals surface area contributed by atoms with Crippen molar-refractivity contribution in [2.45, 2.75) is 6.92 Å². The summed E-state index contributed by atoms with van der Waals surface area (Å²) in [5.74, 6) is 0. The van der Waals surface area contributed by atoms with E-state index in [-0.39, 0.29) is 0 Å². The van der Waals surface area contributed by atoms with Crippen molar-refractivity contribution < 1.29 is 7.47 Å². The van der Waals surface area contributed by atoms with Gasteiger partial charge in [-0.25, -0.2) is 0 Å². The fraction of sp³-hybridized carbons (Fsp3) is 0.143. The summed E-state index contributed by atoms with van der Waals surface area (Å²) in [6, 6.07) is 18.9. The van der Waals surface area contributed by atoms with Gasteiger partial charge in [-0.05, 0) is 0 Å². The predicted molar refractivity (Wildman–Crippen MR) is 70.2 cm³/mol. The summed E-state index contributed by atoms with van der Waals surface area (Å²) in [4.78, 5) is 0. The average molecular weight is 290 g/mol. The predicted octanol–water partition coefficient (Wildman–Crippen LogP) is 1.71. The Morgan fingerprint density at radius 1 is 0.882 bits per heavy atom. The third-order valence-corrected chi connectivity index (χ3v) is 7.91. The number of hydrogen-bond acceptors (Lipinski definition) is 2. The molecular formula is C14H15AsO2. The Balaban J connectivity index is 2.51. The van der Waals surface area contributed by atoms with E-state index >= 15 is 0 Å². The second-order valence-corrected chi connectivity index (χ2v) is 8.66. The Hall–Kier alpha value is -1.24. The van der Waals surface area contributed by atoms with E-state index in [9.17, 15) is 3.74 Å². The Labute approximate surface area is 104 Å². The van der Waals surface area contributed by atoms with Crippen molar-refractivity contribution in [3.63, 3.8) is 0 Å². The molecule has 0 amide bonds. The quantitative estimate of drug-likeness (QED) is 0.801. The van der Waals surface area contributed by atoms with Crippen molar-refractivity contribution in [1.82, 2.24) is 0 Å². The van der Waals surface area contributed by atoms with Gasteiger partial charge in [0.15, 0.2) is 0 Å². The summed E-state index contributed by atoms with van der Waals surface area (Å²) in [7, 11) is 0. The summed E-state index contributed by atoms with van der Waals surface area (Å²) < 4.78 is 20.3. The van der Waals surface area contributed by atoms with Crippen LogP contribution in [-0.2, 0) is 7.47 Å². The van der Waals surface area contributed by atoms with Gasteiger partial charge in [-0.15, -0.1) is 0 Å². The fourth-order valence-corrected chi connectivity index (χ4v) is 6.11. The molecule has 88 valence electrons. The maximum atomic E-state index is 13.1. The monoisotopic (exact) mass is 290 g/mol. The van der Waals surface area contributed by atoms with Gasteiger partial charge >= 0.3 is 104 Å². The second-order valence-electron chi connectivity index (χ2n) is 3.64. The van der Waals surface area contributed by atoms with E-state index in [1.54, 1.807) is 0 Å². The SMILES string of the molecule is CCO[As](=O)(c1ccccc1)c1ccccc1. The Morgan fingerprint density at radius 2 is 1.29 bits per heavy atom. The molecule has 3 heteroatoms. The van der Waals surface area contributed by atoms with Crippen molar-refractivity contribution in [1.29, 1.82) is 0 Å². The van der Waals surface area contributed by atoms with E-state index in [4.69, 9.17) is 3.73 Å². The number of rotatable bonds is 4. The van der Waals surface area contributed by atoms with E-state index in [1.807, 2.05) is 67.6 Å². The third-order valence-electron chi connectivity index (χ3n) is 2.50. The van der Waals surface area contributed by atoms with Gasteiger partial charge in [-0.1, -0.05) is 0 Å². The molecule has 0 bridgehead atoms. The van der Waals surface area contributed by atoms with Gasteiger partial charge in [0.25, 0.3) is 0 Å². The van der Waals surface area contributed by atoms with Gasteiger partial charge in [0.05, 0.1) is 0 Å². The summed E-state index contributed by atoms with van der Waals surface area (Å²) in [6.45, 7) is 2.33. The third kappa shape index (κ3) is 2.54. The second kappa shape index (κ2) is 5.39. The Morgan fingerprint density at radius 3 is 1.65 bits per heavy atom. The molecule has 0 aliphatic rings. The molecule has 2 rings (SSSR count). The summed E-state index contributed by atoms with van der Waals surface area (Å²) in [5, 5.41) is 0. The van der Waals surface area contributed by atoms with Crippen LogP contribution >= 0.6 is 0 Å². The zero-order chi connectivity index (χ0) is 12.1. The molecular weight excluding hydrogens is 275 g/mol. The molecule has 2 aromatic carbocycles. The first-order valence-corrected chi connectivity index (χ1v) is 9.04. The molecule has 17 heavy (non-hydrogen) atoms. The van der Waals surface area contributed by atoms with Gasteiger partial charge in [0, 0.05) is 0 Å². The molecule has 0 heterocycles. The van der Waals surface area contributed by atoms with Gasteiger partial charge < -0.3 is 0 Å². The van der Waals surface area contributed by atoms with Crippen molar-refractivity contribution in [2.24, 2.45) is 0 Å². The minimum atomic E-state index is -3.64. The van der Waals surface area contributed by atoms with Gasteiger partial charge in [0.2, 0.25) is 0 Å². The maximum absolute atomic E-state index is 13.1. The number of benzene rings is 2. The van der Waals surface area contributed by atoms with E-state index in [0.29, 0.717) is 6.61 Å². The molecule has 0 aliphatic carbocycles. The fourth-order valence-electron chi connectivity index (χ4n) is 1.73. The normalized spacial score (nSPS) is 11.4. The van der Waals surface area contributed by atoms with Crippen LogP contribution in [0.5, 0.6) is 0 Å². The first-order valence-electron chi connectivity index (χ1n) is 5.63. The molecule has 2 aromatic rings. The van der Waals surface area contributed by atoms with Crippen molar-refractivity contribution in [3.05, 3.63) is 60.7 Å². The molecule has 0 aliphatic heterocycles. The Bertz CT molecular complexity index is 465. The van der Waals surface area contributed by atoms with Crippen molar-refractivity contribution in [2.75, 3.05) is 6.61 Å². The first kappa shape index (κ1) is 12.2. The van der Waals surface area contributed by atoms with Crippen LogP contribution < -0.4 is 8.70 Å². The van der Waals surface area contributed by atoms with Crippen LogP contribution in [-0.4, -0.2) is 20.4 Å². The molecule has 0 aromatic heterocycles. The molecule has 0 fully saturated rings. The van der Waals surface area contributed by atoms with Crippen LogP contribution in [0, 0.1) is 0 Å². The van der Waals surface area contributed by atoms with Gasteiger partial charge in [-0.2, -0.15) is 0 Å². The standard InChI is InChI=1S/C14H15AsO2/c1-2-17-15(16,13-9-5-3-6-10-13)14-11-7-4-8-12-14/h3-12H,2H2,1H3. The molecule has 0 saturated carbocycles. The van der Waals surface area contributed by atoms with Gasteiger partial charge in [0.1, 0.15) is 0 Å². The molecule has 0 atom stereocenters. The average Bonchev–Trinajstić information content (AvgIpc) is 2.41. The molecule has 0 radical (unpaired) electrons. The van der Waals surface area contributed by atoms with E-state index in [2.05, 4.69) is 0 Å². The molecule has 0 N–H and O–H groups in total. The van der Waals surface area contributed by atoms with E-state index < -0.39 is 13.8 Å². The Kier molecular flexibility index (Phi) is 3.88. The van der Waals surface area contributed by atoms with Crippen LogP contribution in [0.1, 0.15) is 6.92 Å².